The van der Waals surface area contributed by atoms with E-state index in [4.69, 9.17) is 9.84 Å². The normalized spacial score (nSPS) is 8.64. The van der Waals surface area contributed by atoms with Crippen molar-refractivity contribution >= 4 is 5.97 Å². The van der Waals surface area contributed by atoms with E-state index in [1.54, 1.807) is 6.92 Å². The molecular formula is C10H9NO3. The third-order valence-electron chi connectivity index (χ3n) is 1.45. The molecule has 1 rings (SSSR count). The van der Waals surface area contributed by atoms with E-state index in [0.29, 0.717) is 5.75 Å². The Morgan fingerprint density at radius 2 is 2.43 bits per heavy atom. The highest BCUT2D eigenvalue weighted by molar-refractivity contribution is 5.87. The average molecular weight is 191 g/mol. The Kier molecular flexibility index (Phi) is 3.50. The summed E-state index contributed by atoms with van der Waals surface area (Å²) in [7, 11) is 0. The van der Waals surface area contributed by atoms with Crippen LogP contribution in [-0.4, -0.2) is 22.7 Å². The second kappa shape index (κ2) is 4.87. The molecule has 0 aromatic carbocycles. The van der Waals surface area contributed by atoms with Gasteiger partial charge in [0.25, 0.3) is 0 Å². The molecule has 0 bridgehead atoms. The molecular weight excluding hydrogens is 182 g/mol. The van der Waals surface area contributed by atoms with E-state index in [0.717, 1.165) is 0 Å². The summed E-state index contributed by atoms with van der Waals surface area (Å²) in [6.45, 7) is 1.94. The van der Waals surface area contributed by atoms with Crippen molar-refractivity contribution in [2.75, 3.05) is 6.61 Å². The molecule has 1 aromatic rings. The number of carbonyl (C=O) groups is 1. The number of carboxylic acid groups (broad SMARTS) is 1. The van der Waals surface area contributed by atoms with Gasteiger partial charge < -0.3 is 9.84 Å². The first-order valence-corrected chi connectivity index (χ1v) is 3.95. The fourth-order valence-electron chi connectivity index (χ4n) is 0.806. The molecule has 0 radical (unpaired) electrons. The van der Waals surface area contributed by atoms with Gasteiger partial charge in [-0.3, -0.25) is 4.98 Å². The van der Waals surface area contributed by atoms with Crippen molar-refractivity contribution in [2.45, 2.75) is 6.92 Å². The van der Waals surface area contributed by atoms with Crippen LogP contribution in [0.15, 0.2) is 18.5 Å². The molecule has 0 atom stereocenters. The Bertz CT molecular complexity index is 390. The molecule has 0 fully saturated rings. The fraction of sp³-hybridized carbons (Fsp3) is 0.200. The van der Waals surface area contributed by atoms with Crippen molar-refractivity contribution < 1.29 is 14.6 Å². The lowest BCUT2D eigenvalue weighted by Crippen LogP contribution is -2.00. The first-order valence-electron chi connectivity index (χ1n) is 3.95. The first kappa shape index (κ1) is 10.1. The summed E-state index contributed by atoms with van der Waals surface area (Å²) in [4.78, 5) is 14.3. The van der Waals surface area contributed by atoms with Gasteiger partial charge in [-0.25, -0.2) is 4.79 Å². The maximum Gasteiger partial charge on any atom is 0.337 e. The molecule has 4 nitrogen and oxygen atoms in total. The van der Waals surface area contributed by atoms with Gasteiger partial charge in [0.15, 0.2) is 0 Å². The maximum atomic E-state index is 10.6. The van der Waals surface area contributed by atoms with Crippen LogP contribution in [0.3, 0.4) is 0 Å². The van der Waals surface area contributed by atoms with Crippen LogP contribution in [0.4, 0.5) is 0 Å². The number of aromatic nitrogens is 1. The van der Waals surface area contributed by atoms with E-state index in [2.05, 4.69) is 16.8 Å². The zero-order valence-electron chi connectivity index (χ0n) is 7.65. The minimum atomic E-state index is -1.02. The lowest BCUT2D eigenvalue weighted by Gasteiger charge is -2.01. The van der Waals surface area contributed by atoms with Gasteiger partial charge in [-0.05, 0) is 13.0 Å². The molecule has 1 aromatic heterocycles. The van der Waals surface area contributed by atoms with Gasteiger partial charge in [0.05, 0.1) is 11.8 Å². The Morgan fingerprint density at radius 3 is 3.07 bits per heavy atom. The number of nitrogens with zero attached hydrogens (tertiary/aromatic N) is 1. The van der Waals surface area contributed by atoms with Crippen LogP contribution < -0.4 is 4.74 Å². The Balaban J connectivity index is 2.71. The van der Waals surface area contributed by atoms with Crippen LogP contribution in [0.2, 0.25) is 0 Å². The minimum absolute atomic E-state index is 0.104. The summed E-state index contributed by atoms with van der Waals surface area (Å²) >= 11 is 0. The zero-order valence-corrected chi connectivity index (χ0v) is 7.65. The number of pyridine rings is 1. The van der Waals surface area contributed by atoms with Crippen molar-refractivity contribution in [1.29, 1.82) is 0 Å². The number of carboxylic acids is 1. The highest BCUT2D eigenvalue weighted by Gasteiger charge is 2.03. The Hall–Kier alpha value is -2.02. The molecule has 0 aliphatic heterocycles. The SMILES string of the molecule is CC#CCOc1cncc(C(=O)O)c1. The molecule has 1 heterocycles. The molecule has 0 amide bonds. The topological polar surface area (TPSA) is 59.4 Å². The number of hydrogen-bond donors (Lipinski definition) is 1. The summed E-state index contributed by atoms with van der Waals surface area (Å²) in [5.74, 6) is 4.75. The van der Waals surface area contributed by atoms with E-state index in [1.807, 2.05) is 0 Å². The average Bonchev–Trinajstić information content (AvgIpc) is 2.19. The van der Waals surface area contributed by atoms with Crippen LogP contribution >= 0.6 is 0 Å². The molecule has 4 heteroatoms. The van der Waals surface area contributed by atoms with Crippen molar-refractivity contribution in [2.24, 2.45) is 0 Å². The zero-order chi connectivity index (χ0) is 10.4. The van der Waals surface area contributed by atoms with Crippen LogP contribution in [0.1, 0.15) is 17.3 Å². The highest BCUT2D eigenvalue weighted by atomic mass is 16.5. The number of hydrogen-bond acceptors (Lipinski definition) is 3. The monoisotopic (exact) mass is 191 g/mol. The van der Waals surface area contributed by atoms with Gasteiger partial charge in [-0.2, -0.15) is 0 Å². The van der Waals surface area contributed by atoms with Gasteiger partial charge in [0.2, 0.25) is 0 Å². The summed E-state index contributed by atoms with van der Waals surface area (Å²) in [5.41, 5.74) is 0.104. The molecule has 0 saturated carbocycles. The van der Waals surface area contributed by atoms with Crippen molar-refractivity contribution in [3.05, 3.63) is 24.0 Å². The van der Waals surface area contributed by atoms with Crippen LogP contribution in [0.25, 0.3) is 0 Å². The van der Waals surface area contributed by atoms with E-state index in [9.17, 15) is 4.79 Å². The van der Waals surface area contributed by atoms with E-state index in [1.165, 1.54) is 18.5 Å². The second-order valence-electron chi connectivity index (χ2n) is 2.43. The predicted octanol–water partition coefficient (Wildman–Crippen LogP) is 1.18. The van der Waals surface area contributed by atoms with E-state index < -0.39 is 5.97 Å². The third-order valence-corrected chi connectivity index (χ3v) is 1.45. The van der Waals surface area contributed by atoms with Crippen LogP contribution in [0, 0.1) is 11.8 Å². The number of aromatic carboxylic acids is 1. The smallest absolute Gasteiger partial charge is 0.337 e. The molecule has 0 aliphatic rings. The summed E-state index contributed by atoms with van der Waals surface area (Å²) in [5, 5.41) is 8.66. The molecule has 0 spiro atoms. The fourth-order valence-corrected chi connectivity index (χ4v) is 0.806. The first-order chi connectivity index (χ1) is 6.74. The Morgan fingerprint density at radius 1 is 1.64 bits per heavy atom. The minimum Gasteiger partial charge on any atom is -0.479 e. The lowest BCUT2D eigenvalue weighted by atomic mass is 10.3. The lowest BCUT2D eigenvalue weighted by molar-refractivity contribution is 0.0696. The molecule has 0 saturated heterocycles. The van der Waals surface area contributed by atoms with Gasteiger partial charge in [-0.1, -0.05) is 5.92 Å². The maximum absolute atomic E-state index is 10.6. The molecule has 14 heavy (non-hydrogen) atoms. The van der Waals surface area contributed by atoms with Crippen LogP contribution in [-0.2, 0) is 0 Å². The summed E-state index contributed by atoms with van der Waals surface area (Å²) in [6, 6.07) is 1.41. The molecule has 0 aliphatic carbocycles. The van der Waals surface area contributed by atoms with Crippen molar-refractivity contribution in [1.82, 2.24) is 4.98 Å². The van der Waals surface area contributed by atoms with Gasteiger partial charge in [0, 0.05) is 6.20 Å². The van der Waals surface area contributed by atoms with Gasteiger partial charge in [-0.15, -0.1) is 5.92 Å². The standard InChI is InChI=1S/C10H9NO3/c1-2-3-4-14-9-5-8(10(12)13)6-11-7-9/h5-7H,4H2,1H3,(H,12,13). The van der Waals surface area contributed by atoms with Crippen LogP contribution in [0.5, 0.6) is 5.75 Å². The van der Waals surface area contributed by atoms with Crippen molar-refractivity contribution in [3.8, 4) is 17.6 Å². The van der Waals surface area contributed by atoms with Gasteiger partial charge in [0.1, 0.15) is 12.4 Å². The largest absolute Gasteiger partial charge is 0.479 e. The Labute approximate surface area is 81.5 Å². The third kappa shape index (κ3) is 2.79. The van der Waals surface area contributed by atoms with E-state index in [-0.39, 0.29) is 12.2 Å². The van der Waals surface area contributed by atoms with E-state index >= 15 is 0 Å². The highest BCUT2D eigenvalue weighted by Crippen LogP contribution is 2.10. The van der Waals surface area contributed by atoms with Crippen molar-refractivity contribution in [3.63, 3.8) is 0 Å². The molecule has 72 valence electrons. The van der Waals surface area contributed by atoms with Gasteiger partial charge >= 0.3 is 5.97 Å². The quantitative estimate of drug-likeness (QED) is 0.729. The summed E-state index contributed by atoms with van der Waals surface area (Å²) in [6.07, 6.45) is 2.71. The summed E-state index contributed by atoms with van der Waals surface area (Å²) < 4.78 is 5.14. The molecule has 1 N–H and O–H groups in total. The molecule has 0 unspecified atom stereocenters. The predicted molar refractivity (Wildman–Crippen MR) is 50.1 cm³/mol. The number of ether oxygens (including phenoxy) is 1. The number of rotatable bonds is 3. The second-order valence-corrected chi connectivity index (χ2v) is 2.43.